The maximum atomic E-state index is 12.3. The van der Waals surface area contributed by atoms with Crippen LogP contribution in [0.25, 0.3) is 0 Å². The van der Waals surface area contributed by atoms with Gasteiger partial charge in [-0.1, -0.05) is 23.7 Å². The molecule has 132 valence electrons. The molecule has 1 amide bonds. The van der Waals surface area contributed by atoms with Crippen LogP contribution in [0.5, 0.6) is 0 Å². The zero-order chi connectivity index (χ0) is 17.5. The molecule has 1 aromatic heterocycles. The molecule has 2 heterocycles. The molecule has 3 rings (SSSR count). The molecule has 0 atom stereocenters. The number of nitrogens with zero attached hydrogens (tertiary/aromatic N) is 3. The molecule has 1 fully saturated rings. The highest BCUT2D eigenvalue weighted by Crippen LogP contribution is 2.21. The largest absolute Gasteiger partial charge is 0.379 e. The Morgan fingerprint density at radius 3 is 2.84 bits per heavy atom. The van der Waals surface area contributed by atoms with E-state index in [1.165, 1.54) is 6.33 Å². The Morgan fingerprint density at radius 1 is 1.24 bits per heavy atom. The van der Waals surface area contributed by atoms with Crippen LogP contribution >= 0.6 is 11.6 Å². The molecule has 0 saturated carbocycles. The summed E-state index contributed by atoms with van der Waals surface area (Å²) in [5, 5.41) is 6.45. The van der Waals surface area contributed by atoms with E-state index in [1.54, 1.807) is 30.3 Å². The minimum Gasteiger partial charge on any atom is -0.379 e. The molecule has 7 nitrogen and oxygen atoms in total. The number of benzene rings is 1. The number of hydrogen-bond donors (Lipinski definition) is 2. The first-order valence-electron chi connectivity index (χ1n) is 8.14. The van der Waals surface area contributed by atoms with E-state index in [0.717, 1.165) is 39.4 Å². The third kappa shape index (κ3) is 5.12. The van der Waals surface area contributed by atoms with Gasteiger partial charge in [0, 0.05) is 32.2 Å². The zero-order valence-corrected chi connectivity index (χ0v) is 14.5. The van der Waals surface area contributed by atoms with Crippen molar-refractivity contribution in [3.05, 3.63) is 47.4 Å². The summed E-state index contributed by atoms with van der Waals surface area (Å²) in [6, 6.07) is 8.70. The second-order valence-corrected chi connectivity index (χ2v) is 6.01. The summed E-state index contributed by atoms with van der Waals surface area (Å²) in [4.78, 5) is 22.8. The van der Waals surface area contributed by atoms with E-state index in [2.05, 4.69) is 25.5 Å². The molecule has 25 heavy (non-hydrogen) atoms. The van der Waals surface area contributed by atoms with E-state index in [0.29, 0.717) is 16.5 Å². The van der Waals surface area contributed by atoms with Gasteiger partial charge < -0.3 is 15.4 Å². The Labute approximate surface area is 151 Å². The fraction of sp³-hybridized carbons (Fsp3) is 0.353. The van der Waals surface area contributed by atoms with Crippen LogP contribution in [0, 0.1) is 0 Å². The van der Waals surface area contributed by atoms with Crippen LogP contribution in [0.15, 0.2) is 36.7 Å². The van der Waals surface area contributed by atoms with Gasteiger partial charge in [0.25, 0.3) is 5.91 Å². The van der Waals surface area contributed by atoms with Crippen LogP contribution < -0.4 is 10.6 Å². The second kappa shape index (κ2) is 8.75. The molecule has 8 heteroatoms. The van der Waals surface area contributed by atoms with Gasteiger partial charge in [-0.05, 0) is 12.1 Å². The van der Waals surface area contributed by atoms with Gasteiger partial charge in [0.1, 0.15) is 17.8 Å². The topological polar surface area (TPSA) is 79.4 Å². The monoisotopic (exact) mass is 361 g/mol. The maximum Gasteiger partial charge on any atom is 0.274 e. The Bertz CT molecular complexity index is 722. The lowest BCUT2D eigenvalue weighted by Gasteiger charge is -2.26. The van der Waals surface area contributed by atoms with Gasteiger partial charge >= 0.3 is 0 Å². The van der Waals surface area contributed by atoms with Crippen LogP contribution in [-0.4, -0.2) is 60.2 Å². The van der Waals surface area contributed by atoms with Crippen molar-refractivity contribution in [2.75, 3.05) is 50.0 Å². The minimum atomic E-state index is -0.327. The first-order valence-corrected chi connectivity index (χ1v) is 8.52. The second-order valence-electron chi connectivity index (χ2n) is 5.60. The Hall–Kier alpha value is -2.22. The SMILES string of the molecule is O=C(Nc1ccccc1Cl)c1cc(NCCN2CCOCC2)ncn1. The smallest absolute Gasteiger partial charge is 0.274 e. The summed E-state index contributed by atoms with van der Waals surface area (Å²) in [6.45, 7) is 5.07. The van der Waals surface area contributed by atoms with Crippen molar-refractivity contribution in [1.29, 1.82) is 0 Å². The molecule has 2 aromatic rings. The lowest BCUT2D eigenvalue weighted by molar-refractivity contribution is 0.0398. The van der Waals surface area contributed by atoms with Crippen molar-refractivity contribution in [2.45, 2.75) is 0 Å². The molecule has 0 spiro atoms. The number of hydrogen-bond acceptors (Lipinski definition) is 6. The van der Waals surface area contributed by atoms with E-state index in [1.807, 2.05) is 0 Å². The molecule has 2 N–H and O–H groups in total. The number of para-hydroxylation sites is 1. The number of rotatable bonds is 6. The van der Waals surface area contributed by atoms with Crippen LogP contribution in [0.3, 0.4) is 0 Å². The van der Waals surface area contributed by atoms with Crippen LogP contribution in [0.2, 0.25) is 5.02 Å². The number of halogens is 1. The summed E-state index contributed by atoms with van der Waals surface area (Å²) < 4.78 is 5.33. The van der Waals surface area contributed by atoms with Crippen LogP contribution in [0.1, 0.15) is 10.5 Å². The third-order valence-corrected chi connectivity index (χ3v) is 4.19. The fourth-order valence-electron chi connectivity index (χ4n) is 2.49. The highest BCUT2D eigenvalue weighted by molar-refractivity contribution is 6.33. The lowest BCUT2D eigenvalue weighted by atomic mass is 10.3. The van der Waals surface area contributed by atoms with Crippen LogP contribution in [-0.2, 0) is 4.74 Å². The number of amides is 1. The standard InChI is InChI=1S/C17H20ClN5O2/c18-13-3-1-2-4-14(13)22-17(24)15-11-16(21-12-20-15)19-5-6-23-7-9-25-10-8-23/h1-4,11-12H,5-10H2,(H,22,24)(H,19,20,21). The van der Waals surface area contributed by atoms with E-state index < -0.39 is 0 Å². The summed E-state index contributed by atoms with van der Waals surface area (Å²) >= 11 is 6.06. The quantitative estimate of drug-likeness (QED) is 0.820. The number of ether oxygens (including phenoxy) is 1. The molecule has 0 radical (unpaired) electrons. The summed E-state index contributed by atoms with van der Waals surface area (Å²) in [7, 11) is 0. The van der Waals surface area contributed by atoms with Crippen molar-refractivity contribution in [2.24, 2.45) is 0 Å². The molecule has 0 unspecified atom stereocenters. The molecule has 1 aromatic carbocycles. The molecule has 1 aliphatic rings. The number of nitrogens with one attached hydrogen (secondary N) is 2. The van der Waals surface area contributed by atoms with Crippen molar-refractivity contribution < 1.29 is 9.53 Å². The summed E-state index contributed by atoms with van der Waals surface area (Å²) in [6.07, 6.45) is 1.37. The first-order chi connectivity index (χ1) is 12.2. The highest BCUT2D eigenvalue weighted by atomic mass is 35.5. The van der Waals surface area contributed by atoms with Crippen LogP contribution in [0.4, 0.5) is 11.5 Å². The Balaban J connectivity index is 1.55. The van der Waals surface area contributed by atoms with Gasteiger partial charge in [0.15, 0.2) is 0 Å². The predicted molar refractivity (Wildman–Crippen MR) is 97.2 cm³/mol. The average Bonchev–Trinajstić information content (AvgIpc) is 2.65. The van der Waals surface area contributed by atoms with Crippen molar-refractivity contribution in [3.63, 3.8) is 0 Å². The molecule has 0 aliphatic carbocycles. The minimum absolute atomic E-state index is 0.281. The zero-order valence-electron chi connectivity index (χ0n) is 13.7. The van der Waals surface area contributed by atoms with Gasteiger partial charge in [-0.25, -0.2) is 9.97 Å². The molecule has 1 saturated heterocycles. The van der Waals surface area contributed by atoms with E-state index >= 15 is 0 Å². The maximum absolute atomic E-state index is 12.3. The number of carbonyl (C=O) groups is 1. The number of morpholine rings is 1. The molecular formula is C17H20ClN5O2. The molecule has 1 aliphatic heterocycles. The van der Waals surface area contributed by atoms with Gasteiger partial charge in [0.05, 0.1) is 23.9 Å². The number of anilines is 2. The fourth-order valence-corrected chi connectivity index (χ4v) is 2.68. The Kier molecular flexibility index (Phi) is 6.16. The van der Waals surface area contributed by atoms with Crippen molar-refractivity contribution in [1.82, 2.24) is 14.9 Å². The normalized spacial score (nSPS) is 14.9. The highest BCUT2D eigenvalue weighted by Gasteiger charge is 2.12. The number of aromatic nitrogens is 2. The predicted octanol–water partition coefficient (Wildman–Crippen LogP) is 2.13. The van der Waals surface area contributed by atoms with Crippen molar-refractivity contribution in [3.8, 4) is 0 Å². The van der Waals surface area contributed by atoms with Gasteiger partial charge in [-0.2, -0.15) is 0 Å². The summed E-state index contributed by atoms with van der Waals surface area (Å²) in [5.74, 6) is 0.291. The lowest BCUT2D eigenvalue weighted by Crippen LogP contribution is -2.39. The first kappa shape index (κ1) is 17.6. The molecular weight excluding hydrogens is 342 g/mol. The van der Waals surface area contributed by atoms with Gasteiger partial charge in [-0.3, -0.25) is 9.69 Å². The van der Waals surface area contributed by atoms with E-state index in [9.17, 15) is 4.79 Å². The van der Waals surface area contributed by atoms with E-state index in [4.69, 9.17) is 16.3 Å². The number of carbonyl (C=O) groups excluding carboxylic acids is 1. The molecule has 0 bridgehead atoms. The summed E-state index contributed by atoms with van der Waals surface area (Å²) in [5.41, 5.74) is 0.832. The average molecular weight is 362 g/mol. The third-order valence-electron chi connectivity index (χ3n) is 3.86. The van der Waals surface area contributed by atoms with Crippen molar-refractivity contribution >= 4 is 29.0 Å². The Morgan fingerprint density at radius 2 is 2.04 bits per heavy atom. The van der Waals surface area contributed by atoms with Gasteiger partial charge in [-0.15, -0.1) is 0 Å². The van der Waals surface area contributed by atoms with E-state index in [-0.39, 0.29) is 11.6 Å². The van der Waals surface area contributed by atoms with Gasteiger partial charge in [0.2, 0.25) is 0 Å².